The minimum atomic E-state index is -0.810. The molecule has 0 atom stereocenters. The van der Waals surface area contributed by atoms with Crippen molar-refractivity contribution >= 4 is 0 Å². The lowest BCUT2D eigenvalue weighted by molar-refractivity contribution is -0.0311. The molecule has 122 valence electrons. The first kappa shape index (κ1) is 15.8. The zero-order chi connectivity index (χ0) is 16.1. The Labute approximate surface area is 136 Å². The number of rotatable bonds is 5. The average molecular weight is 314 g/mol. The molecule has 0 amide bonds. The quantitative estimate of drug-likeness (QED) is 0.885. The van der Waals surface area contributed by atoms with Gasteiger partial charge in [-0.15, -0.1) is 0 Å². The van der Waals surface area contributed by atoms with Gasteiger partial charge in [0.25, 0.3) is 0 Å². The van der Waals surface area contributed by atoms with E-state index in [9.17, 15) is 10.2 Å². The molecule has 0 aliphatic carbocycles. The Kier molecular flexibility index (Phi) is 4.79. The van der Waals surface area contributed by atoms with E-state index in [0.717, 1.165) is 31.1 Å². The number of likely N-dealkylation sites (tertiary alicyclic amines) is 1. The number of pyridine rings is 1. The highest BCUT2D eigenvalue weighted by Crippen LogP contribution is 2.31. The smallest absolute Gasteiger partial charge is 0.119 e. The molecule has 2 heterocycles. The van der Waals surface area contributed by atoms with E-state index in [1.807, 2.05) is 18.2 Å². The Balaban J connectivity index is 1.45. The van der Waals surface area contributed by atoms with Crippen molar-refractivity contribution in [3.63, 3.8) is 0 Å². The molecule has 1 fully saturated rings. The Bertz CT molecular complexity index is 608. The fourth-order valence-corrected chi connectivity index (χ4v) is 2.88. The summed E-state index contributed by atoms with van der Waals surface area (Å²) >= 11 is 0. The standard InChI is InChI=1S/C18H22N2O3/c21-15-4-6-16(7-5-15)23-14-13-20-11-8-18(22,9-12-20)17-3-1-2-10-19-17/h1-7,10,21-22H,8-9,11-14H2. The third-order valence-electron chi connectivity index (χ3n) is 4.34. The number of hydrogen-bond acceptors (Lipinski definition) is 5. The van der Waals surface area contributed by atoms with E-state index in [-0.39, 0.29) is 5.75 Å². The molecule has 0 spiro atoms. The van der Waals surface area contributed by atoms with Crippen LogP contribution in [0.1, 0.15) is 18.5 Å². The summed E-state index contributed by atoms with van der Waals surface area (Å²) in [6.45, 7) is 3.06. The van der Waals surface area contributed by atoms with Crippen LogP contribution in [0.5, 0.6) is 11.5 Å². The lowest BCUT2D eigenvalue weighted by atomic mass is 9.88. The van der Waals surface area contributed by atoms with Crippen LogP contribution in [0.3, 0.4) is 0 Å². The predicted octanol–water partition coefficient (Wildman–Crippen LogP) is 2.15. The van der Waals surface area contributed by atoms with Crippen molar-refractivity contribution < 1.29 is 14.9 Å². The van der Waals surface area contributed by atoms with Crippen molar-refractivity contribution in [3.05, 3.63) is 54.4 Å². The van der Waals surface area contributed by atoms with Gasteiger partial charge < -0.3 is 14.9 Å². The van der Waals surface area contributed by atoms with Crippen LogP contribution in [-0.2, 0) is 5.60 Å². The summed E-state index contributed by atoms with van der Waals surface area (Å²) in [5.74, 6) is 0.993. The fourth-order valence-electron chi connectivity index (χ4n) is 2.88. The molecule has 0 saturated carbocycles. The van der Waals surface area contributed by atoms with Gasteiger partial charge >= 0.3 is 0 Å². The fraction of sp³-hybridized carbons (Fsp3) is 0.389. The van der Waals surface area contributed by atoms with Crippen molar-refractivity contribution in [2.45, 2.75) is 18.4 Å². The zero-order valence-corrected chi connectivity index (χ0v) is 13.1. The topological polar surface area (TPSA) is 65.8 Å². The first-order valence-corrected chi connectivity index (χ1v) is 7.94. The molecule has 5 heteroatoms. The summed E-state index contributed by atoms with van der Waals surface area (Å²) < 4.78 is 5.67. The molecule has 2 aromatic rings. The molecule has 1 aromatic carbocycles. The van der Waals surface area contributed by atoms with Crippen LogP contribution in [-0.4, -0.2) is 46.3 Å². The monoisotopic (exact) mass is 314 g/mol. The van der Waals surface area contributed by atoms with E-state index < -0.39 is 5.60 Å². The van der Waals surface area contributed by atoms with Crippen LogP contribution in [0.2, 0.25) is 0 Å². The number of aromatic nitrogens is 1. The normalized spacial score (nSPS) is 17.8. The summed E-state index contributed by atoms with van der Waals surface area (Å²) in [4.78, 5) is 6.58. The number of ether oxygens (including phenoxy) is 1. The Morgan fingerprint density at radius 3 is 2.48 bits per heavy atom. The van der Waals surface area contributed by atoms with Gasteiger partial charge in [-0.2, -0.15) is 0 Å². The number of phenols is 1. The highest BCUT2D eigenvalue weighted by molar-refractivity contribution is 5.30. The number of aromatic hydroxyl groups is 1. The van der Waals surface area contributed by atoms with Crippen LogP contribution < -0.4 is 4.74 Å². The highest BCUT2D eigenvalue weighted by Gasteiger charge is 2.34. The predicted molar refractivity (Wildman–Crippen MR) is 87.4 cm³/mol. The molecular formula is C18H22N2O3. The Hall–Kier alpha value is -2.11. The lowest BCUT2D eigenvalue weighted by Gasteiger charge is -2.37. The van der Waals surface area contributed by atoms with Crippen LogP contribution in [0.15, 0.2) is 48.7 Å². The summed E-state index contributed by atoms with van der Waals surface area (Å²) in [6.07, 6.45) is 3.09. The van der Waals surface area contributed by atoms with Gasteiger partial charge in [0.05, 0.1) is 5.69 Å². The lowest BCUT2D eigenvalue weighted by Crippen LogP contribution is -2.44. The second-order valence-electron chi connectivity index (χ2n) is 5.93. The van der Waals surface area contributed by atoms with Crippen molar-refractivity contribution in [2.24, 2.45) is 0 Å². The van der Waals surface area contributed by atoms with Crippen molar-refractivity contribution in [1.82, 2.24) is 9.88 Å². The molecule has 1 aliphatic rings. The highest BCUT2D eigenvalue weighted by atomic mass is 16.5. The van der Waals surface area contributed by atoms with Gasteiger partial charge in [-0.1, -0.05) is 6.07 Å². The number of phenolic OH excluding ortho intramolecular Hbond substituents is 1. The summed E-state index contributed by atoms with van der Waals surface area (Å²) in [6, 6.07) is 12.4. The van der Waals surface area contributed by atoms with Gasteiger partial charge in [0.15, 0.2) is 0 Å². The van der Waals surface area contributed by atoms with E-state index in [1.165, 1.54) is 0 Å². The molecule has 1 aromatic heterocycles. The molecule has 23 heavy (non-hydrogen) atoms. The second kappa shape index (κ2) is 6.98. The first-order chi connectivity index (χ1) is 11.2. The second-order valence-corrected chi connectivity index (χ2v) is 5.93. The van der Waals surface area contributed by atoms with E-state index in [0.29, 0.717) is 19.4 Å². The van der Waals surface area contributed by atoms with Crippen molar-refractivity contribution in [2.75, 3.05) is 26.2 Å². The molecule has 1 saturated heterocycles. The summed E-state index contributed by atoms with van der Waals surface area (Å²) in [5.41, 5.74) is -0.0461. The Morgan fingerprint density at radius 2 is 1.83 bits per heavy atom. The minimum absolute atomic E-state index is 0.238. The SMILES string of the molecule is Oc1ccc(OCCN2CCC(O)(c3ccccn3)CC2)cc1. The molecular weight excluding hydrogens is 292 g/mol. The summed E-state index contributed by atoms with van der Waals surface area (Å²) in [7, 11) is 0. The maximum atomic E-state index is 10.7. The van der Waals surface area contributed by atoms with Crippen molar-refractivity contribution in [3.8, 4) is 11.5 Å². The third kappa shape index (κ3) is 4.00. The maximum Gasteiger partial charge on any atom is 0.119 e. The minimum Gasteiger partial charge on any atom is -0.508 e. The zero-order valence-electron chi connectivity index (χ0n) is 13.1. The van der Waals surface area contributed by atoms with E-state index >= 15 is 0 Å². The van der Waals surface area contributed by atoms with Crippen LogP contribution in [0.25, 0.3) is 0 Å². The van der Waals surface area contributed by atoms with Gasteiger partial charge in [0.2, 0.25) is 0 Å². The maximum absolute atomic E-state index is 10.7. The number of nitrogens with zero attached hydrogens (tertiary/aromatic N) is 2. The van der Waals surface area contributed by atoms with E-state index in [1.54, 1.807) is 30.5 Å². The van der Waals surface area contributed by atoms with Crippen LogP contribution >= 0.6 is 0 Å². The van der Waals surface area contributed by atoms with Gasteiger partial charge in [0.1, 0.15) is 23.7 Å². The van der Waals surface area contributed by atoms with Gasteiger partial charge in [-0.3, -0.25) is 9.88 Å². The number of hydrogen-bond donors (Lipinski definition) is 2. The van der Waals surface area contributed by atoms with Crippen LogP contribution in [0.4, 0.5) is 0 Å². The summed E-state index contributed by atoms with van der Waals surface area (Å²) in [5, 5.41) is 20.0. The molecule has 5 nitrogen and oxygen atoms in total. The largest absolute Gasteiger partial charge is 0.508 e. The van der Waals surface area contributed by atoms with Gasteiger partial charge in [0, 0.05) is 25.8 Å². The van der Waals surface area contributed by atoms with E-state index in [4.69, 9.17) is 4.74 Å². The molecule has 0 bridgehead atoms. The molecule has 0 unspecified atom stereocenters. The third-order valence-corrected chi connectivity index (χ3v) is 4.34. The molecule has 3 rings (SSSR count). The number of piperidine rings is 1. The number of benzene rings is 1. The van der Waals surface area contributed by atoms with E-state index in [2.05, 4.69) is 9.88 Å². The van der Waals surface area contributed by atoms with Gasteiger partial charge in [-0.05, 0) is 49.2 Å². The van der Waals surface area contributed by atoms with Crippen LogP contribution in [0, 0.1) is 0 Å². The van der Waals surface area contributed by atoms with Gasteiger partial charge in [-0.25, -0.2) is 0 Å². The molecule has 2 N–H and O–H groups in total. The van der Waals surface area contributed by atoms with Crippen molar-refractivity contribution in [1.29, 1.82) is 0 Å². The molecule has 0 radical (unpaired) electrons. The molecule has 1 aliphatic heterocycles. The number of aliphatic hydroxyl groups is 1. The Morgan fingerprint density at radius 1 is 1.09 bits per heavy atom. The average Bonchev–Trinajstić information content (AvgIpc) is 2.59. The first-order valence-electron chi connectivity index (χ1n) is 7.94.